The van der Waals surface area contributed by atoms with Crippen LogP contribution in [0.3, 0.4) is 0 Å². The number of esters is 1. The van der Waals surface area contributed by atoms with Crippen LogP contribution in [-0.4, -0.2) is 22.6 Å². The molecule has 2 aromatic carbocycles. The number of carbonyl (C=O) groups excluding carboxylic acids is 1. The van der Waals surface area contributed by atoms with Gasteiger partial charge in [-0.2, -0.15) is 5.26 Å². The predicted molar refractivity (Wildman–Crippen MR) is 105 cm³/mol. The summed E-state index contributed by atoms with van der Waals surface area (Å²) in [6.45, 7) is 0. The number of thiazole rings is 1. The summed E-state index contributed by atoms with van der Waals surface area (Å²) in [5.41, 5.74) is 8.52. The van der Waals surface area contributed by atoms with E-state index in [4.69, 9.17) is 10.5 Å². The van der Waals surface area contributed by atoms with Crippen molar-refractivity contribution in [3.8, 4) is 22.3 Å². The van der Waals surface area contributed by atoms with Crippen LogP contribution in [0.25, 0.3) is 26.5 Å². The number of ether oxygens (including phenoxy) is 1. The van der Waals surface area contributed by atoms with Crippen LogP contribution in [0.15, 0.2) is 48.7 Å². The number of carbonyl (C=O) groups is 1. The quantitative estimate of drug-likeness (QED) is 0.529. The molecule has 0 aliphatic rings. The van der Waals surface area contributed by atoms with Crippen LogP contribution < -0.4 is 5.73 Å². The van der Waals surface area contributed by atoms with E-state index < -0.39 is 5.97 Å². The Morgan fingerprint density at radius 3 is 2.71 bits per heavy atom. The zero-order valence-corrected chi connectivity index (χ0v) is 15.5. The number of anilines is 1. The molecular weight excluding hydrogens is 379 g/mol. The maximum atomic E-state index is 13.4. The standard InChI is InChI=1S/C20H13FN4O2S/c1-27-20(26)18-17(23)12(9-22)10-25(18)14-5-2-11(3-6-14)19-24-15-7-4-13(21)8-16(15)28-19/h2-8,10H,23H2,1H3. The molecule has 2 heterocycles. The van der Waals surface area contributed by atoms with Gasteiger partial charge in [-0.05, 0) is 42.5 Å². The van der Waals surface area contributed by atoms with E-state index in [1.165, 1.54) is 41.3 Å². The molecule has 4 aromatic rings. The fourth-order valence-electron chi connectivity index (χ4n) is 2.90. The van der Waals surface area contributed by atoms with Gasteiger partial charge >= 0.3 is 5.97 Å². The number of halogens is 1. The molecule has 6 nitrogen and oxygen atoms in total. The van der Waals surface area contributed by atoms with Crippen LogP contribution in [0.1, 0.15) is 16.1 Å². The predicted octanol–water partition coefficient (Wildman–Crippen LogP) is 4.13. The fraction of sp³-hybridized carbons (Fsp3) is 0.0500. The molecule has 28 heavy (non-hydrogen) atoms. The van der Waals surface area contributed by atoms with Crippen molar-refractivity contribution < 1.29 is 13.9 Å². The Labute approximate surface area is 163 Å². The molecule has 0 fully saturated rings. The highest BCUT2D eigenvalue weighted by atomic mass is 32.1. The molecule has 138 valence electrons. The number of nitrogen functional groups attached to an aromatic ring is 1. The Kier molecular flexibility index (Phi) is 4.29. The van der Waals surface area contributed by atoms with E-state index in [0.29, 0.717) is 5.69 Å². The molecule has 0 radical (unpaired) electrons. The molecule has 2 N–H and O–H groups in total. The molecule has 0 aliphatic heterocycles. The van der Waals surface area contributed by atoms with Gasteiger partial charge in [0, 0.05) is 17.4 Å². The summed E-state index contributed by atoms with van der Waals surface area (Å²) in [7, 11) is 1.25. The summed E-state index contributed by atoms with van der Waals surface area (Å²) < 4.78 is 20.5. The Hall–Kier alpha value is -3.70. The molecule has 0 spiro atoms. The second-order valence-electron chi connectivity index (χ2n) is 5.96. The fourth-order valence-corrected chi connectivity index (χ4v) is 3.90. The third-order valence-corrected chi connectivity index (χ3v) is 5.35. The molecule has 0 aliphatic carbocycles. The highest BCUT2D eigenvalue weighted by molar-refractivity contribution is 7.21. The number of aromatic nitrogens is 2. The summed E-state index contributed by atoms with van der Waals surface area (Å²) in [5.74, 6) is -0.928. The lowest BCUT2D eigenvalue weighted by Crippen LogP contribution is -2.11. The number of rotatable bonds is 3. The first-order chi connectivity index (χ1) is 13.5. The van der Waals surface area contributed by atoms with Gasteiger partial charge in [-0.3, -0.25) is 0 Å². The third kappa shape index (κ3) is 2.88. The van der Waals surface area contributed by atoms with E-state index in [-0.39, 0.29) is 22.8 Å². The van der Waals surface area contributed by atoms with Gasteiger partial charge < -0.3 is 15.0 Å². The zero-order chi connectivity index (χ0) is 19.8. The molecular formula is C20H13FN4O2S. The van der Waals surface area contributed by atoms with E-state index in [0.717, 1.165) is 20.8 Å². The number of methoxy groups -OCH3 is 1. The van der Waals surface area contributed by atoms with Crippen molar-refractivity contribution in [2.75, 3.05) is 12.8 Å². The largest absolute Gasteiger partial charge is 0.464 e. The molecule has 4 rings (SSSR count). The van der Waals surface area contributed by atoms with Crippen molar-refractivity contribution in [1.82, 2.24) is 9.55 Å². The monoisotopic (exact) mass is 392 g/mol. The maximum absolute atomic E-state index is 13.4. The van der Waals surface area contributed by atoms with E-state index in [1.54, 1.807) is 18.2 Å². The minimum absolute atomic E-state index is 0.0756. The molecule has 0 amide bonds. The second kappa shape index (κ2) is 6.79. The summed E-state index contributed by atoms with van der Waals surface area (Å²) in [6.07, 6.45) is 1.50. The lowest BCUT2D eigenvalue weighted by atomic mass is 10.2. The van der Waals surface area contributed by atoms with Crippen molar-refractivity contribution >= 4 is 33.2 Å². The van der Waals surface area contributed by atoms with Crippen LogP contribution in [0.5, 0.6) is 0 Å². The molecule has 0 saturated carbocycles. The van der Waals surface area contributed by atoms with Crippen LogP contribution in [0.4, 0.5) is 10.1 Å². The number of nitrogens with zero attached hydrogens (tertiary/aromatic N) is 3. The molecule has 8 heteroatoms. The lowest BCUT2D eigenvalue weighted by Gasteiger charge is -2.09. The van der Waals surface area contributed by atoms with Crippen LogP contribution in [0.2, 0.25) is 0 Å². The molecule has 2 aromatic heterocycles. The average Bonchev–Trinajstić information content (AvgIpc) is 3.28. The summed E-state index contributed by atoms with van der Waals surface area (Å²) in [6, 6.07) is 13.7. The van der Waals surface area contributed by atoms with Gasteiger partial charge in [-0.25, -0.2) is 14.2 Å². The first-order valence-electron chi connectivity index (χ1n) is 8.18. The topological polar surface area (TPSA) is 93.9 Å². The van der Waals surface area contributed by atoms with Gasteiger partial charge in [-0.15, -0.1) is 11.3 Å². The SMILES string of the molecule is COC(=O)c1c(N)c(C#N)cn1-c1ccc(-c2nc3ccc(F)cc3s2)cc1. The number of nitriles is 1. The van der Waals surface area contributed by atoms with E-state index in [2.05, 4.69) is 4.98 Å². The van der Waals surface area contributed by atoms with Gasteiger partial charge in [0.05, 0.1) is 28.6 Å². The van der Waals surface area contributed by atoms with Crippen LogP contribution in [-0.2, 0) is 4.74 Å². The van der Waals surface area contributed by atoms with E-state index in [1.807, 2.05) is 18.2 Å². The zero-order valence-electron chi connectivity index (χ0n) is 14.6. The van der Waals surface area contributed by atoms with Crippen molar-refractivity contribution in [3.63, 3.8) is 0 Å². The lowest BCUT2D eigenvalue weighted by molar-refractivity contribution is 0.0593. The molecule has 0 bridgehead atoms. The summed E-state index contributed by atoms with van der Waals surface area (Å²) in [4.78, 5) is 16.6. The van der Waals surface area contributed by atoms with Crippen LogP contribution >= 0.6 is 11.3 Å². The number of benzene rings is 2. The van der Waals surface area contributed by atoms with E-state index >= 15 is 0 Å². The van der Waals surface area contributed by atoms with Crippen molar-refractivity contribution in [1.29, 1.82) is 5.26 Å². The number of hydrogen-bond acceptors (Lipinski definition) is 6. The van der Waals surface area contributed by atoms with Crippen molar-refractivity contribution in [3.05, 3.63) is 65.7 Å². The maximum Gasteiger partial charge on any atom is 0.357 e. The number of fused-ring (bicyclic) bond motifs is 1. The Bertz CT molecular complexity index is 1250. The van der Waals surface area contributed by atoms with Crippen LogP contribution in [0, 0.1) is 17.1 Å². The minimum atomic E-state index is -0.628. The van der Waals surface area contributed by atoms with Gasteiger partial charge in [0.2, 0.25) is 0 Å². The average molecular weight is 392 g/mol. The Morgan fingerprint density at radius 2 is 2.04 bits per heavy atom. The number of nitrogens with two attached hydrogens (primary N) is 1. The molecule has 0 atom stereocenters. The van der Waals surface area contributed by atoms with Crippen molar-refractivity contribution in [2.24, 2.45) is 0 Å². The number of hydrogen-bond donors (Lipinski definition) is 1. The van der Waals surface area contributed by atoms with Gasteiger partial charge in [-0.1, -0.05) is 0 Å². The molecule has 0 saturated heterocycles. The summed E-state index contributed by atoms with van der Waals surface area (Å²) >= 11 is 1.39. The first-order valence-corrected chi connectivity index (χ1v) is 8.99. The first kappa shape index (κ1) is 17.7. The van der Waals surface area contributed by atoms with Crippen molar-refractivity contribution in [2.45, 2.75) is 0 Å². The molecule has 0 unspecified atom stereocenters. The van der Waals surface area contributed by atoms with Gasteiger partial charge in [0.15, 0.2) is 5.69 Å². The minimum Gasteiger partial charge on any atom is -0.464 e. The summed E-state index contributed by atoms with van der Waals surface area (Å²) in [5, 5.41) is 9.96. The smallest absolute Gasteiger partial charge is 0.357 e. The van der Waals surface area contributed by atoms with Gasteiger partial charge in [0.1, 0.15) is 16.9 Å². The van der Waals surface area contributed by atoms with E-state index in [9.17, 15) is 14.4 Å². The Morgan fingerprint density at radius 1 is 1.29 bits per heavy atom. The highest BCUT2D eigenvalue weighted by Gasteiger charge is 2.21. The normalized spacial score (nSPS) is 10.8. The third-order valence-electron chi connectivity index (χ3n) is 4.29. The Balaban J connectivity index is 1.76. The van der Waals surface area contributed by atoms with Gasteiger partial charge in [0.25, 0.3) is 0 Å². The second-order valence-corrected chi connectivity index (χ2v) is 6.99. The highest BCUT2D eigenvalue weighted by Crippen LogP contribution is 2.32.